The van der Waals surface area contributed by atoms with Gasteiger partial charge in [-0.25, -0.2) is 0 Å². The first kappa shape index (κ1) is 13.2. The molecular weight excluding hydrogens is 254 g/mol. The van der Waals surface area contributed by atoms with Crippen molar-refractivity contribution >= 4 is 0 Å². The Morgan fingerprint density at radius 2 is 2.20 bits per heavy atom. The van der Waals surface area contributed by atoms with E-state index in [0.717, 1.165) is 30.3 Å². The van der Waals surface area contributed by atoms with Gasteiger partial charge in [-0.05, 0) is 42.4 Å². The van der Waals surface area contributed by atoms with Gasteiger partial charge >= 0.3 is 0 Å². The van der Waals surface area contributed by atoms with E-state index in [9.17, 15) is 0 Å². The van der Waals surface area contributed by atoms with Gasteiger partial charge in [0.05, 0.1) is 12.6 Å². The van der Waals surface area contributed by atoms with E-state index < -0.39 is 0 Å². The maximum absolute atomic E-state index is 5.83. The van der Waals surface area contributed by atoms with Gasteiger partial charge in [-0.1, -0.05) is 6.07 Å². The number of hydrogen-bond acceptors (Lipinski definition) is 4. The summed E-state index contributed by atoms with van der Waals surface area (Å²) in [6, 6.07) is 10.3. The topological polar surface area (TPSA) is 43.6 Å². The summed E-state index contributed by atoms with van der Waals surface area (Å²) in [4.78, 5) is 0. The van der Waals surface area contributed by atoms with Crippen molar-refractivity contribution in [3.05, 3.63) is 53.0 Å². The van der Waals surface area contributed by atoms with Crippen LogP contribution in [0.5, 0.6) is 5.75 Å². The van der Waals surface area contributed by atoms with Crippen molar-refractivity contribution in [3.8, 4) is 5.75 Å². The molecule has 20 heavy (non-hydrogen) atoms. The molecule has 4 heteroatoms. The Bertz CT molecular complexity index is 591. The lowest BCUT2D eigenvalue weighted by Crippen LogP contribution is -2.17. The molecule has 0 amide bonds. The average molecular weight is 273 g/mol. The number of fused-ring (bicyclic) bond motifs is 1. The molecule has 1 aromatic carbocycles. The van der Waals surface area contributed by atoms with Crippen LogP contribution in [0.15, 0.2) is 34.7 Å². The zero-order valence-corrected chi connectivity index (χ0v) is 11.8. The molecule has 1 aromatic heterocycles. The van der Waals surface area contributed by atoms with E-state index in [4.69, 9.17) is 13.9 Å². The molecule has 1 N–H and O–H groups in total. The highest BCUT2D eigenvalue weighted by Crippen LogP contribution is 2.31. The third-order valence-corrected chi connectivity index (χ3v) is 3.59. The highest BCUT2D eigenvalue weighted by Gasteiger charge is 2.19. The van der Waals surface area contributed by atoms with E-state index in [2.05, 4.69) is 17.4 Å². The van der Waals surface area contributed by atoms with Crippen LogP contribution in [0.3, 0.4) is 0 Å². The van der Waals surface area contributed by atoms with Gasteiger partial charge < -0.3 is 19.2 Å². The second-order valence-corrected chi connectivity index (χ2v) is 4.92. The number of benzene rings is 1. The maximum Gasteiger partial charge on any atom is 0.129 e. The van der Waals surface area contributed by atoms with E-state index >= 15 is 0 Å². The SMILES string of the molecule is CNC(c1ccc2c(c1)CCO2)c1ccc(COC)o1. The molecule has 2 heterocycles. The fourth-order valence-corrected chi connectivity index (χ4v) is 2.63. The van der Waals surface area contributed by atoms with Crippen LogP contribution >= 0.6 is 0 Å². The molecule has 0 aliphatic carbocycles. The zero-order chi connectivity index (χ0) is 13.9. The summed E-state index contributed by atoms with van der Waals surface area (Å²) in [6.07, 6.45) is 0.979. The van der Waals surface area contributed by atoms with Gasteiger partial charge in [0, 0.05) is 13.5 Å². The van der Waals surface area contributed by atoms with Crippen LogP contribution in [-0.4, -0.2) is 20.8 Å². The molecule has 1 unspecified atom stereocenters. The lowest BCUT2D eigenvalue weighted by molar-refractivity contribution is 0.162. The predicted molar refractivity (Wildman–Crippen MR) is 76.0 cm³/mol. The van der Waals surface area contributed by atoms with Crippen LogP contribution in [0, 0.1) is 0 Å². The molecule has 0 spiro atoms. The van der Waals surface area contributed by atoms with Crippen molar-refractivity contribution in [2.75, 3.05) is 20.8 Å². The van der Waals surface area contributed by atoms with Crippen molar-refractivity contribution < 1.29 is 13.9 Å². The fraction of sp³-hybridized carbons (Fsp3) is 0.375. The predicted octanol–water partition coefficient (Wildman–Crippen LogP) is 2.67. The molecule has 3 rings (SSSR count). The molecule has 1 aliphatic heterocycles. The summed E-state index contributed by atoms with van der Waals surface area (Å²) < 4.78 is 16.5. The Morgan fingerprint density at radius 3 is 3.00 bits per heavy atom. The molecule has 1 atom stereocenters. The van der Waals surface area contributed by atoms with Crippen molar-refractivity contribution in [1.82, 2.24) is 5.32 Å². The van der Waals surface area contributed by atoms with Gasteiger partial charge in [0.15, 0.2) is 0 Å². The number of ether oxygens (including phenoxy) is 2. The minimum absolute atomic E-state index is 0.0477. The highest BCUT2D eigenvalue weighted by molar-refractivity contribution is 5.42. The van der Waals surface area contributed by atoms with Gasteiger partial charge in [-0.2, -0.15) is 0 Å². The smallest absolute Gasteiger partial charge is 0.129 e. The Kier molecular flexibility index (Phi) is 3.76. The van der Waals surface area contributed by atoms with Gasteiger partial charge in [0.25, 0.3) is 0 Å². The Balaban J connectivity index is 1.88. The average Bonchev–Trinajstić information content (AvgIpc) is 3.09. The maximum atomic E-state index is 5.83. The molecule has 0 bridgehead atoms. The third kappa shape index (κ3) is 2.44. The molecule has 0 saturated heterocycles. The van der Waals surface area contributed by atoms with E-state index in [1.165, 1.54) is 11.1 Å². The van der Waals surface area contributed by atoms with Gasteiger partial charge in [-0.15, -0.1) is 0 Å². The summed E-state index contributed by atoms with van der Waals surface area (Å²) in [5, 5.41) is 3.31. The van der Waals surface area contributed by atoms with Crippen LogP contribution in [0.2, 0.25) is 0 Å². The van der Waals surface area contributed by atoms with Gasteiger partial charge in [-0.3, -0.25) is 0 Å². The molecular formula is C16H19NO3. The monoisotopic (exact) mass is 273 g/mol. The van der Waals surface area contributed by atoms with Crippen LogP contribution in [0.4, 0.5) is 0 Å². The first-order valence-electron chi connectivity index (χ1n) is 6.82. The van der Waals surface area contributed by atoms with Gasteiger partial charge in [0.2, 0.25) is 0 Å². The number of furan rings is 1. The zero-order valence-electron chi connectivity index (χ0n) is 11.8. The number of methoxy groups -OCH3 is 1. The van der Waals surface area contributed by atoms with Crippen molar-refractivity contribution in [1.29, 1.82) is 0 Å². The minimum Gasteiger partial charge on any atom is -0.493 e. The normalized spacial score (nSPS) is 14.9. The number of rotatable bonds is 5. The summed E-state index contributed by atoms with van der Waals surface area (Å²) in [5.41, 5.74) is 2.46. The summed E-state index contributed by atoms with van der Waals surface area (Å²) >= 11 is 0. The van der Waals surface area contributed by atoms with E-state index in [1.54, 1.807) is 7.11 Å². The van der Waals surface area contributed by atoms with Crippen molar-refractivity contribution in [2.24, 2.45) is 0 Å². The molecule has 0 fully saturated rings. The fourth-order valence-electron chi connectivity index (χ4n) is 2.63. The molecule has 1 aliphatic rings. The summed E-state index contributed by atoms with van der Waals surface area (Å²) in [7, 11) is 3.60. The van der Waals surface area contributed by atoms with Crippen LogP contribution in [0.1, 0.15) is 28.7 Å². The summed E-state index contributed by atoms with van der Waals surface area (Å²) in [5.74, 6) is 2.74. The standard InChI is InChI=1S/C16H19NO3/c1-17-16(15-6-4-13(20-15)10-18-2)12-3-5-14-11(9-12)7-8-19-14/h3-6,9,16-17H,7-8,10H2,1-2H3. The Labute approximate surface area is 118 Å². The molecule has 106 valence electrons. The lowest BCUT2D eigenvalue weighted by atomic mass is 10.0. The quantitative estimate of drug-likeness (QED) is 0.909. The molecule has 0 saturated carbocycles. The van der Waals surface area contributed by atoms with Crippen molar-refractivity contribution in [3.63, 3.8) is 0 Å². The van der Waals surface area contributed by atoms with Gasteiger partial charge in [0.1, 0.15) is 23.9 Å². The van der Waals surface area contributed by atoms with E-state index in [1.807, 2.05) is 25.2 Å². The van der Waals surface area contributed by atoms with Crippen molar-refractivity contribution in [2.45, 2.75) is 19.1 Å². The van der Waals surface area contributed by atoms with E-state index in [0.29, 0.717) is 6.61 Å². The summed E-state index contributed by atoms with van der Waals surface area (Å²) in [6.45, 7) is 1.27. The third-order valence-electron chi connectivity index (χ3n) is 3.59. The largest absolute Gasteiger partial charge is 0.493 e. The Morgan fingerprint density at radius 1 is 1.30 bits per heavy atom. The van der Waals surface area contributed by atoms with Crippen LogP contribution in [0.25, 0.3) is 0 Å². The lowest BCUT2D eigenvalue weighted by Gasteiger charge is -2.15. The number of hydrogen-bond donors (Lipinski definition) is 1. The molecule has 0 radical (unpaired) electrons. The highest BCUT2D eigenvalue weighted by atomic mass is 16.5. The van der Waals surface area contributed by atoms with Crippen LogP contribution in [-0.2, 0) is 17.8 Å². The second-order valence-electron chi connectivity index (χ2n) is 4.92. The first-order chi connectivity index (χ1) is 9.81. The van der Waals surface area contributed by atoms with E-state index in [-0.39, 0.29) is 6.04 Å². The van der Waals surface area contributed by atoms with Crippen LogP contribution < -0.4 is 10.1 Å². The molecule has 2 aromatic rings. The first-order valence-corrected chi connectivity index (χ1v) is 6.82. The Hall–Kier alpha value is -1.78. The minimum atomic E-state index is 0.0477. The number of nitrogens with one attached hydrogen (secondary N) is 1. The molecule has 4 nitrogen and oxygen atoms in total. The second kappa shape index (κ2) is 5.69.